The smallest absolute Gasteiger partial charge is 0.278 e. The van der Waals surface area contributed by atoms with E-state index in [4.69, 9.17) is 17.3 Å². The van der Waals surface area contributed by atoms with E-state index in [1.165, 1.54) is 22.2 Å². The maximum atomic E-state index is 12.5. The lowest BCUT2D eigenvalue weighted by Crippen LogP contribution is -2.15. The van der Waals surface area contributed by atoms with Crippen LogP contribution in [0.4, 0.5) is 5.13 Å². The third kappa shape index (κ3) is 3.65. The Morgan fingerprint density at radius 2 is 1.90 bits per heavy atom. The Balaban J connectivity index is 0.00000231. The van der Waals surface area contributed by atoms with Crippen molar-refractivity contribution >= 4 is 51.4 Å². The van der Waals surface area contributed by atoms with Crippen LogP contribution in [0.15, 0.2) is 65.0 Å². The molecular formula is C21H15Cl2N5O2S. The number of rotatable bonds is 3. The number of hydrogen-bond donors (Lipinski definition) is 3. The summed E-state index contributed by atoms with van der Waals surface area (Å²) >= 11 is 7.88. The maximum Gasteiger partial charge on any atom is 0.278 e. The molecule has 0 aliphatic heterocycles. The quantitative estimate of drug-likeness (QED) is 0.347. The van der Waals surface area contributed by atoms with Gasteiger partial charge >= 0.3 is 0 Å². The molecule has 156 valence electrons. The number of aromatic hydroxyl groups is 1. The van der Waals surface area contributed by atoms with Crippen molar-refractivity contribution < 1.29 is 5.11 Å². The number of nitrogens with zero attached hydrogens (tertiary/aromatic N) is 3. The highest BCUT2D eigenvalue weighted by molar-refractivity contribution is 7.13. The second-order valence-corrected chi connectivity index (χ2v) is 7.92. The normalized spacial score (nSPS) is 10.9. The van der Waals surface area contributed by atoms with Crippen molar-refractivity contribution in [3.63, 3.8) is 0 Å². The molecule has 3 aromatic heterocycles. The topological polar surface area (TPSA) is 110 Å². The van der Waals surface area contributed by atoms with Crippen LogP contribution in [0.25, 0.3) is 39.0 Å². The van der Waals surface area contributed by atoms with Crippen molar-refractivity contribution in [3.8, 4) is 33.8 Å². The molecule has 0 saturated heterocycles. The number of pyridine rings is 1. The van der Waals surface area contributed by atoms with Crippen molar-refractivity contribution in [3.05, 3.63) is 75.6 Å². The molecule has 0 amide bonds. The van der Waals surface area contributed by atoms with Crippen molar-refractivity contribution in [2.45, 2.75) is 0 Å². The predicted octanol–water partition coefficient (Wildman–Crippen LogP) is 4.87. The summed E-state index contributed by atoms with van der Waals surface area (Å²) in [6.45, 7) is 0. The first-order valence-electron chi connectivity index (χ1n) is 8.91. The third-order valence-electron chi connectivity index (χ3n) is 4.80. The molecule has 4 N–H and O–H groups in total. The molecule has 3 heterocycles. The predicted molar refractivity (Wildman–Crippen MR) is 127 cm³/mol. The summed E-state index contributed by atoms with van der Waals surface area (Å²) in [5.41, 5.74) is 9.09. The molecule has 0 radical (unpaired) electrons. The van der Waals surface area contributed by atoms with Crippen LogP contribution in [0.5, 0.6) is 5.75 Å². The molecule has 0 unspecified atom stereocenters. The lowest BCUT2D eigenvalue weighted by molar-refractivity contribution is 0.475. The summed E-state index contributed by atoms with van der Waals surface area (Å²) < 4.78 is 1.33. The van der Waals surface area contributed by atoms with Gasteiger partial charge in [0, 0.05) is 34.3 Å². The van der Waals surface area contributed by atoms with E-state index in [2.05, 4.69) is 15.1 Å². The van der Waals surface area contributed by atoms with Crippen LogP contribution in [-0.2, 0) is 0 Å². The molecule has 0 spiro atoms. The number of fused-ring (bicyclic) bond motifs is 1. The number of thiazole rings is 1. The van der Waals surface area contributed by atoms with Gasteiger partial charge in [-0.15, -0.1) is 23.7 Å². The van der Waals surface area contributed by atoms with Crippen LogP contribution in [0, 0.1) is 0 Å². The summed E-state index contributed by atoms with van der Waals surface area (Å²) in [5, 5.41) is 18.2. The minimum atomic E-state index is -0.459. The highest BCUT2D eigenvalue weighted by Crippen LogP contribution is 2.36. The van der Waals surface area contributed by atoms with E-state index in [-0.39, 0.29) is 23.8 Å². The number of H-pyrrole nitrogens is 1. The number of hydrogen-bond acceptors (Lipinski definition) is 6. The average Bonchev–Trinajstić information content (AvgIpc) is 3.40. The first kappa shape index (κ1) is 20.9. The van der Waals surface area contributed by atoms with Gasteiger partial charge in [-0.2, -0.15) is 5.10 Å². The van der Waals surface area contributed by atoms with Crippen molar-refractivity contribution in [2.75, 3.05) is 5.73 Å². The van der Waals surface area contributed by atoms with Gasteiger partial charge in [-0.3, -0.25) is 4.79 Å². The molecule has 0 fully saturated rings. The number of nitrogens with one attached hydrogen (secondary N) is 1. The Bertz CT molecular complexity index is 1440. The number of aromatic amines is 1. The fourth-order valence-electron chi connectivity index (χ4n) is 3.36. The van der Waals surface area contributed by atoms with Gasteiger partial charge in [0.1, 0.15) is 0 Å². The third-order valence-corrected chi connectivity index (χ3v) is 5.78. The number of anilines is 1. The van der Waals surface area contributed by atoms with E-state index >= 15 is 0 Å². The Morgan fingerprint density at radius 1 is 1.16 bits per heavy atom. The van der Waals surface area contributed by atoms with Crippen molar-refractivity contribution in [1.82, 2.24) is 19.7 Å². The standard InChI is InChI=1S/C21H14ClN5O2S.ClH/c22-15-9-16-14(19(28)18(20(29)25-16)27-7-1-6-24-27)8-13(15)11-2-4-12(5-3-11)17-10-30-21(23)26-17;/h1-10H,(H2,23,26)(H2,25,28,29);1H. The molecule has 0 atom stereocenters. The van der Waals surface area contributed by atoms with E-state index in [1.54, 1.807) is 24.4 Å². The van der Waals surface area contributed by atoms with Gasteiger partial charge < -0.3 is 15.8 Å². The lowest BCUT2D eigenvalue weighted by Gasteiger charge is -2.11. The number of benzene rings is 2. The van der Waals surface area contributed by atoms with Gasteiger partial charge in [0.15, 0.2) is 16.6 Å². The van der Waals surface area contributed by atoms with Gasteiger partial charge in [0.25, 0.3) is 5.56 Å². The van der Waals surface area contributed by atoms with Crippen LogP contribution in [0.2, 0.25) is 5.02 Å². The Morgan fingerprint density at radius 3 is 2.55 bits per heavy atom. The summed E-state index contributed by atoms with van der Waals surface area (Å²) in [6.07, 6.45) is 3.13. The van der Waals surface area contributed by atoms with Crippen LogP contribution in [-0.4, -0.2) is 24.9 Å². The van der Waals surface area contributed by atoms with E-state index in [9.17, 15) is 9.90 Å². The Kier molecular flexibility index (Phi) is 5.45. The molecule has 0 bridgehead atoms. The van der Waals surface area contributed by atoms with Crippen molar-refractivity contribution in [1.29, 1.82) is 0 Å². The van der Waals surface area contributed by atoms with E-state index in [0.29, 0.717) is 21.1 Å². The number of halogens is 2. The fraction of sp³-hybridized carbons (Fsp3) is 0. The zero-order chi connectivity index (χ0) is 20.8. The summed E-state index contributed by atoms with van der Waals surface area (Å²) in [6, 6.07) is 12.8. The molecule has 5 aromatic rings. The Hall–Kier alpha value is -3.33. The molecule has 0 aliphatic carbocycles. The van der Waals surface area contributed by atoms with Crippen LogP contribution < -0.4 is 11.3 Å². The zero-order valence-electron chi connectivity index (χ0n) is 15.7. The first-order chi connectivity index (χ1) is 14.5. The highest BCUT2D eigenvalue weighted by Gasteiger charge is 2.16. The maximum absolute atomic E-state index is 12.5. The second-order valence-electron chi connectivity index (χ2n) is 6.63. The van der Waals surface area contributed by atoms with Gasteiger partial charge in [-0.1, -0.05) is 35.9 Å². The fourth-order valence-corrected chi connectivity index (χ4v) is 4.21. The Labute approximate surface area is 191 Å². The number of aromatic nitrogens is 4. The van der Waals surface area contributed by atoms with Crippen LogP contribution in [0.3, 0.4) is 0 Å². The largest absolute Gasteiger partial charge is 0.505 e. The number of nitrogen functional groups attached to an aromatic ring is 1. The molecule has 5 rings (SSSR count). The van der Waals surface area contributed by atoms with E-state index < -0.39 is 5.56 Å². The summed E-state index contributed by atoms with van der Waals surface area (Å²) in [7, 11) is 0. The van der Waals surface area contributed by atoms with Gasteiger partial charge in [-0.25, -0.2) is 9.67 Å². The first-order valence-corrected chi connectivity index (χ1v) is 10.2. The minimum Gasteiger partial charge on any atom is -0.505 e. The van der Waals surface area contributed by atoms with Crippen molar-refractivity contribution in [2.24, 2.45) is 0 Å². The lowest BCUT2D eigenvalue weighted by atomic mass is 10.0. The minimum absolute atomic E-state index is 0. The monoisotopic (exact) mass is 471 g/mol. The molecule has 2 aromatic carbocycles. The second kappa shape index (κ2) is 8.07. The molecule has 0 aliphatic rings. The highest BCUT2D eigenvalue weighted by atomic mass is 35.5. The van der Waals surface area contributed by atoms with Gasteiger partial charge in [0.2, 0.25) is 0 Å². The van der Waals surface area contributed by atoms with E-state index in [1.807, 2.05) is 29.6 Å². The van der Waals surface area contributed by atoms with Gasteiger partial charge in [0.05, 0.1) is 16.2 Å². The number of nitrogens with two attached hydrogens (primary N) is 1. The molecular weight excluding hydrogens is 457 g/mol. The van der Waals surface area contributed by atoms with Gasteiger partial charge in [-0.05, 0) is 23.8 Å². The zero-order valence-corrected chi connectivity index (χ0v) is 18.1. The average molecular weight is 472 g/mol. The molecule has 0 saturated carbocycles. The van der Waals surface area contributed by atoms with Crippen LogP contribution >= 0.6 is 35.3 Å². The molecule has 7 nitrogen and oxygen atoms in total. The van der Waals surface area contributed by atoms with Crippen LogP contribution in [0.1, 0.15) is 0 Å². The summed E-state index contributed by atoms with van der Waals surface area (Å²) in [4.78, 5) is 19.5. The molecule has 31 heavy (non-hydrogen) atoms. The molecule has 10 heteroatoms. The summed E-state index contributed by atoms with van der Waals surface area (Å²) in [5.74, 6) is -0.162. The van der Waals surface area contributed by atoms with E-state index in [0.717, 1.165) is 22.4 Å². The SMILES string of the molecule is Cl.Nc1nc(-c2ccc(-c3cc4c(O)c(-n5cccn5)c(=O)[nH]c4cc3Cl)cc2)cs1.